The van der Waals surface area contributed by atoms with Crippen LogP contribution in [0.3, 0.4) is 0 Å². The van der Waals surface area contributed by atoms with E-state index in [1.54, 1.807) is 0 Å². The van der Waals surface area contributed by atoms with Gasteiger partial charge in [0.2, 0.25) is 0 Å². The zero-order chi connectivity index (χ0) is 12.3. The fourth-order valence-corrected chi connectivity index (χ4v) is 1.54. The number of urea groups is 1. The monoisotopic (exact) mass is 272 g/mol. The zero-order valence-corrected chi connectivity index (χ0v) is 13.4. The van der Waals surface area contributed by atoms with Gasteiger partial charge in [-0.2, -0.15) is 0 Å². The molecule has 1 aliphatic rings. The van der Waals surface area contributed by atoms with Crippen molar-refractivity contribution >= 4 is 12.0 Å². The first-order valence-electron chi connectivity index (χ1n) is 5.44. The standard InChI is InChI=1S/C12H14N2O3.K/c15-10(16)12(6-7-12)14-11(17)13-8-9-4-2-1-3-5-9;/h1-5H,6-8H2,(H,15,16)(H2,13,14,17);/q;+1/p-1. The maximum absolute atomic E-state index is 11.5. The second kappa shape index (κ2) is 6.67. The summed E-state index contributed by atoms with van der Waals surface area (Å²) >= 11 is 0. The van der Waals surface area contributed by atoms with Crippen LogP contribution < -0.4 is 67.1 Å². The maximum Gasteiger partial charge on any atom is 1.00 e. The van der Waals surface area contributed by atoms with Gasteiger partial charge < -0.3 is 20.5 Å². The molecule has 0 aromatic heterocycles. The van der Waals surface area contributed by atoms with Gasteiger partial charge in [0.05, 0.1) is 11.5 Å². The number of benzene rings is 1. The van der Waals surface area contributed by atoms with E-state index in [2.05, 4.69) is 10.6 Å². The molecule has 2 amide bonds. The van der Waals surface area contributed by atoms with Crippen molar-refractivity contribution < 1.29 is 66.1 Å². The van der Waals surface area contributed by atoms with E-state index >= 15 is 0 Å². The minimum absolute atomic E-state index is 0. The number of carbonyl (C=O) groups is 2. The normalized spacial score (nSPS) is 15.1. The van der Waals surface area contributed by atoms with E-state index in [4.69, 9.17) is 0 Å². The second-order valence-electron chi connectivity index (χ2n) is 4.16. The van der Waals surface area contributed by atoms with Gasteiger partial charge in [0, 0.05) is 6.54 Å². The molecule has 0 aliphatic heterocycles. The number of nitrogens with one attached hydrogen (secondary N) is 2. The smallest absolute Gasteiger partial charge is 0.548 e. The molecule has 1 saturated carbocycles. The van der Waals surface area contributed by atoms with E-state index in [1.807, 2.05) is 30.3 Å². The molecule has 0 saturated heterocycles. The minimum Gasteiger partial charge on any atom is -0.548 e. The van der Waals surface area contributed by atoms with Crippen molar-refractivity contribution in [2.24, 2.45) is 0 Å². The number of carboxylic acids is 1. The third-order valence-corrected chi connectivity index (χ3v) is 2.79. The van der Waals surface area contributed by atoms with E-state index < -0.39 is 17.5 Å². The Morgan fingerprint density at radius 2 is 1.83 bits per heavy atom. The first-order chi connectivity index (χ1) is 8.12. The molecule has 0 atom stereocenters. The predicted octanol–water partition coefficient (Wildman–Crippen LogP) is -3.23. The molecule has 2 N–H and O–H groups in total. The Labute approximate surface area is 148 Å². The van der Waals surface area contributed by atoms with Gasteiger partial charge in [-0.15, -0.1) is 0 Å². The molecule has 1 fully saturated rings. The molecule has 90 valence electrons. The molecule has 1 aromatic carbocycles. The van der Waals surface area contributed by atoms with Crippen LogP contribution in [-0.2, 0) is 11.3 Å². The Balaban J connectivity index is 0.00000162. The molecule has 0 bridgehead atoms. The van der Waals surface area contributed by atoms with Crippen LogP contribution >= 0.6 is 0 Å². The minimum atomic E-state index is -1.22. The molecule has 0 unspecified atom stereocenters. The van der Waals surface area contributed by atoms with Crippen molar-refractivity contribution in [2.75, 3.05) is 0 Å². The first kappa shape index (κ1) is 15.7. The third-order valence-electron chi connectivity index (χ3n) is 2.79. The Kier molecular flexibility index (Phi) is 5.80. The average molecular weight is 272 g/mol. The van der Waals surface area contributed by atoms with Crippen LogP contribution in [0.4, 0.5) is 4.79 Å². The predicted molar refractivity (Wildman–Crippen MR) is 58.8 cm³/mol. The Hall–Kier alpha value is -0.404. The Morgan fingerprint density at radius 3 is 2.33 bits per heavy atom. The van der Waals surface area contributed by atoms with Gasteiger partial charge in [0.1, 0.15) is 0 Å². The fraction of sp³-hybridized carbons (Fsp3) is 0.333. The first-order valence-corrected chi connectivity index (χ1v) is 5.44. The number of hydrogen-bond donors (Lipinski definition) is 2. The number of aliphatic carboxylic acids is 1. The van der Waals surface area contributed by atoms with Crippen molar-refractivity contribution in [3.8, 4) is 0 Å². The average Bonchev–Trinajstić information content (AvgIpc) is 3.09. The van der Waals surface area contributed by atoms with Gasteiger partial charge >= 0.3 is 57.4 Å². The summed E-state index contributed by atoms with van der Waals surface area (Å²) < 4.78 is 0. The number of amides is 2. The summed E-state index contributed by atoms with van der Waals surface area (Å²) in [5.74, 6) is -1.22. The van der Waals surface area contributed by atoms with Crippen molar-refractivity contribution in [1.29, 1.82) is 0 Å². The van der Waals surface area contributed by atoms with Gasteiger partial charge in [-0.05, 0) is 18.4 Å². The molecule has 1 aromatic rings. The van der Waals surface area contributed by atoms with Crippen molar-refractivity contribution in [3.63, 3.8) is 0 Å². The maximum atomic E-state index is 11.5. The van der Waals surface area contributed by atoms with Crippen LogP contribution in [0.1, 0.15) is 18.4 Å². The summed E-state index contributed by atoms with van der Waals surface area (Å²) in [6.07, 6.45) is 0.877. The van der Waals surface area contributed by atoms with Crippen LogP contribution in [0.25, 0.3) is 0 Å². The molecule has 2 rings (SSSR count). The van der Waals surface area contributed by atoms with Crippen molar-refractivity contribution in [1.82, 2.24) is 10.6 Å². The molecule has 5 nitrogen and oxygen atoms in total. The van der Waals surface area contributed by atoms with E-state index in [1.165, 1.54) is 0 Å². The summed E-state index contributed by atoms with van der Waals surface area (Å²) in [7, 11) is 0. The summed E-state index contributed by atoms with van der Waals surface area (Å²) in [4.78, 5) is 22.2. The largest absolute Gasteiger partial charge is 1.00 e. The molecular weight excluding hydrogens is 259 g/mol. The second-order valence-corrected chi connectivity index (χ2v) is 4.16. The fourth-order valence-electron chi connectivity index (χ4n) is 1.54. The zero-order valence-electron chi connectivity index (χ0n) is 10.2. The summed E-state index contributed by atoms with van der Waals surface area (Å²) in [5.41, 5.74) is -0.179. The van der Waals surface area contributed by atoms with Crippen LogP contribution in [0.5, 0.6) is 0 Å². The van der Waals surface area contributed by atoms with Gasteiger partial charge in [-0.25, -0.2) is 4.79 Å². The summed E-state index contributed by atoms with van der Waals surface area (Å²) in [6, 6.07) is 8.92. The van der Waals surface area contributed by atoms with E-state index in [0.717, 1.165) is 5.56 Å². The number of rotatable bonds is 4. The quantitative estimate of drug-likeness (QED) is 0.566. The van der Waals surface area contributed by atoms with E-state index in [0.29, 0.717) is 19.4 Å². The molecule has 0 heterocycles. The summed E-state index contributed by atoms with van der Waals surface area (Å²) in [6.45, 7) is 0.371. The van der Waals surface area contributed by atoms with Gasteiger partial charge in [-0.1, -0.05) is 30.3 Å². The number of carbonyl (C=O) groups excluding carboxylic acids is 2. The van der Waals surface area contributed by atoms with Crippen LogP contribution in [0, 0.1) is 0 Å². The molecule has 6 heteroatoms. The molecular formula is C12H13KN2O3. The Morgan fingerprint density at radius 1 is 1.22 bits per heavy atom. The Bertz CT molecular complexity index is 432. The van der Waals surface area contributed by atoms with Gasteiger partial charge in [-0.3, -0.25) is 0 Å². The van der Waals surface area contributed by atoms with E-state index in [9.17, 15) is 14.7 Å². The van der Waals surface area contributed by atoms with Crippen molar-refractivity contribution in [3.05, 3.63) is 35.9 Å². The summed E-state index contributed by atoms with van der Waals surface area (Å²) in [5, 5.41) is 15.8. The van der Waals surface area contributed by atoms with Crippen LogP contribution in [0.15, 0.2) is 30.3 Å². The number of hydrogen-bond acceptors (Lipinski definition) is 3. The molecule has 18 heavy (non-hydrogen) atoms. The number of carboxylic acid groups (broad SMARTS) is 1. The van der Waals surface area contributed by atoms with Gasteiger partial charge in [0.15, 0.2) is 0 Å². The van der Waals surface area contributed by atoms with Crippen LogP contribution in [-0.4, -0.2) is 17.5 Å². The SMILES string of the molecule is O=C(NCc1ccccc1)NC1(C(=O)[O-])CC1.[K+]. The molecule has 0 radical (unpaired) electrons. The topological polar surface area (TPSA) is 81.3 Å². The third kappa shape index (κ3) is 4.06. The van der Waals surface area contributed by atoms with Gasteiger partial charge in [0.25, 0.3) is 0 Å². The van der Waals surface area contributed by atoms with E-state index in [-0.39, 0.29) is 51.4 Å². The van der Waals surface area contributed by atoms with Crippen molar-refractivity contribution in [2.45, 2.75) is 24.9 Å². The molecule has 1 aliphatic carbocycles. The molecule has 0 spiro atoms. The van der Waals surface area contributed by atoms with Crippen LogP contribution in [0.2, 0.25) is 0 Å².